The first-order chi connectivity index (χ1) is 12.1. The number of hydrogen-bond acceptors (Lipinski definition) is 4. The van der Waals surface area contributed by atoms with Gasteiger partial charge in [-0.1, -0.05) is 35.9 Å². The van der Waals surface area contributed by atoms with Crippen LogP contribution in [0.5, 0.6) is 5.75 Å². The molecule has 0 amide bonds. The number of allylic oxidation sites excluding steroid dienone is 2. The fraction of sp³-hybridized carbons (Fsp3) is 0.263. The Kier molecular flexibility index (Phi) is 3.88. The first-order valence-electron chi connectivity index (χ1n) is 8.14. The summed E-state index contributed by atoms with van der Waals surface area (Å²) >= 11 is 6.48. The minimum atomic E-state index is -0.359. The molecule has 0 aromatic heterocycles. The molecule has 1 aliphatic carbocycles. The SMILES string of the molecule is COc1ccc(Cl)c2c1N[C@H](c1cccc([N+](=O)[O-])c1)[C@@H]1CC=C[C@@H]21. The molecule has 2 aromatic rings. The number of nitrogens with one attached hydrogen (secondary N) is 1. The third kappa shape index (κ3) is 2.55. The Bertz CT molecular complexity index is 881. The van der Waals surface area contributed by atoms with Crippen molar-refractivity contribution >= 4 is 23.0 Å². The van der Waals surface area contributed by atoms with E-state index in [1.54, 1.807) is 19.2 Å². The number of ether oxygens (including phenoxy) is 1. The Labute approximate surface area is 150 Å². The minimum Gasteiger partial charge on any atom is -0.495 e. The standard InChI is InChI=1S/C19H17ClN2O3/c1-25-16-9-8-15(20)17-13-6-3-7-14(13)18(21-19(16)17)11-4-2-5-12(10-11)22(23)24/h2-6,8-10,13-14,18,21H,7H2,1H3/t13-,14-,18-/m1/s1. The molecule has 6 heteroatoms. The molecule has 2 aliphatic rings. The van der Waals surface area contributed by atoms with Gasteiger partial charge < -0.3 is 10.1 Å². The summed E-state index contributed by atoms with van der Waals surface area (Å²) < 4.78 is 5.51. The van der Waals surface area contributed by atoms with Crippen molar-refractivity contribution in [1.82, 2.24) is 0 Å². The Morgan fingerprint density at radius 3 is 2.92 bits per heavy atom. The van der Waals surface area contributed by atoms with Gasteiger partial charge in [0.05, 0.1) is 23.8 Å². The summed E-state index contributed by atoms with van der Waals surface area (Å²) in [7, 11) is 1.63. The highest BCUT2D eigenvalue weighted by molar-refractivity contribution is 6.32. The lowest BCUT2D eigenvalue weighted by atomic mass is 9.77. The normalized spacial score (nSPS) is 23.5. The summed E-state index contributed by atoms with van der Waals surface area (Å²) in [6.45, 7) is 0. The minimum absolute atomic E-state index is 0.0419. The van der Waals surface area contributed by atoms with E-state index in [0.717, 1.165) is 29.0 Å². The molecule has 0 fully saturated rings. The molecule has 0 saturated heterocycles. The van der Waals surface area contributed by atoms with Crippen LogP contribution < -0.4 is 10.1 Å². The van der Waals surface area contributed by atoms with E-state index < -0.39 is 0 Å². The zero-order valence-electron chi connectivity index (χ0n) is 13.6. The van der Waals surface area contributed by atoms with Gasteiger partial charge in [-0.2, -0.15) is 0 Å². The van der Waals surface area contributed by atoms with Crippen LogP contribution in [0.4, 0.5) is 11.4 Å². The van der Waals surface area contributed by atoms with Crippen LogP contribution in [0.2, 0.25) is 5.02 Å². The number of fused-ring (bicyclic) bond motifs is 3. The van der Waals surface area contributed by atoms with Crippen molar-refractivity contribution in [3.63, 3.8) is 0 Å². The number of nitro groups is 1. The second-order valence-electron chi connectivity index (χ2n) is 6.37. The summed E-state index contributed by atoms with van der Waals surface area (Å²) in [4.78, 5) is 10.8. The van der Waals surface area contributed by atoms with E-state index in [1.807, 2.05) is 18.2 Å². The fourth-order valence-electron chi connectivity index (χ4n) is 3.97. The van der Waals surface area contributed by atoms with Gasteiger partial charge in [0.2, 0.25) is 0 Å². The Hall–Kier alpha value is -2.53. The van der Waals surface area contributed by atoms with Gasteiger partial charge in [-0.3, -0.25) is 10.1 Å². The molecule has 128 valence electrons. The van der Waals surface area contributed by atoms with Crippen LogP contribution in [0.1, 0.15) is 29.5 Å². The molecule has 3 atom stereocenters. The molecule has 1 N–H and O–H groups in total. The summed E-state index contributed by atoms with van der Waals surface area (Å²) in [5.74, 6) is 1.16. The van der Waals surface area contributed by atoms with Gasteiger partial charge in [0.15, 0.2) is 0 Å². The maximum absolute atomic E-state index is 11.1. The van der Waals surface area contributed by atoms with E-state index >= 15 is 0 Å². The van der Waals surface area contributed by atoms with Crippen molar-refractivity contribution in [2.75, 3.05) is 12.4 Å². The average Bonchev–Trinajstić information content (AvgIpc) is 3.11. The van der Waals surface area contributed by atoms with Crippen molar-refractivity contribution in [3.05, 3.63) is 74.8 Å². The molecule has 0 bridgehead atoms. The predicted molar refractivity (Wildman–Crippen MR) is 97.5 cm³/mol. The molecule has 0 saturated carbocycles. The summed E-state index contributed by atoms with van der Waals surface area (Å²) in [5.41, 5.74) is 2.92. The number of methoxy groups -OCH3 is 1. The number of non-ortho nitro benzene ring substituents is 1. The van der Waals surface area contributed by atoms with Crippen LogP contribution in [0.15, 0.2) is 48.6 Å². The Balaban J connectivity index is 1.84. The quantitative estimate of drug-likeness (QED) is 0.473. The zero-order valence-corrected chi connectivity index (χ0v) is 14.4. The van der Waals surface area contributed by atoms with Gasteiger partial charge in [-0.25, -0.2) is 0 Å². The lowest BCUT2D eigenvalue weighted by Gasteiger charge is -2.38. The maximum atomic E-state index is 11.1. The molecule has 25 heavy (non-hydrogen) atoms. The van der Waals surface area contributed by atoms with Gasteiger partial charge in [0, 0.05) is 28.6 Å². The molecule has 0 spiro atoms. The highest BCUT2D eigenvalue weighted by atomic mass is 35.5. The van der Waals surface area contributed by atoms with E-state index in [9.17, 15) is 10.1 Å². The van der Waals surface area contributed by atoms with E-state index in [4.69, 9.17) is 16.3 Å². The lowest BCUT2D eigenvalue weighted by molar-refractivity contribution is -0.384. The molecular weight excluding hydrogens is 340 g/mol. The third-order valence-electron chi connectivity index (χ3n) is 5.09. The van der Waals surface area contributed by atoms with Gasteiger partial charge in [-0.05, 0) is 30.0 Å². The molecule has 2 aromatic carbocycles. The van der Waals surface area contributed by atoms with Gasteiger partial charge in [0.1, 0.15) is 5.75 Å². The summed E-state index contributed by atoms with van der Waals surface area (Å²) in [5, 5.41) is 15.4. The molecule has 5 nitrogen and oxygen atoms in total. The first-order valence-corrected chi connectivity index (χ1v) is 8.52. The summed E-state index contributed by atoms with van der Waals surface area (Å²) in [6.07, 6.45) is 5.24. The van der Waals surface area contributed by atoms with Crippen molar-refractivity contribution in [2.24, 2.45) is 5.92 Å². The number of rotatable bonds is 3. The second kappa shape index (κ2) is 6.08. The van der Waals surface area contributed by atoms with Crippen LogP contribution in [0, 0.1) is 16.0 Å². The van der Waals surface area contributed by atoms with Crippen molar-refractivity contribution in [3.8, 4) is 5.75 Å². The second-order valence-corrected chi connectivity index (χ2v) is 6.77. The number of halogens is 1. The molecular formula is C19H17ClN2O3. The number of anilines is 1. The van der Waals surface area contributed by atoms with E-state index in [-0.39, 0.29) is 28.5 Å². The molecule has 4 rings (SSSR count). The van der Waals surface area contributed by atoms with Crippen LogP contribution in [-0.4, -0.2) is 12.0 Å². The van der Waals surface area contributed by atoms with Crippen LogP contribution >= 0.6 is 11.6 Å². The topological polar surface area (TPSA) is 64.4 Å². The highest BCUT2D eigenvalue weighted by Crippen LogP contribution is 2.54. The van der Waals surface area contributed by atoms with Crippen LogP contribution in [0.3, 0.4) is 0 Å². The average molecular weight is 357 g/mol. The number of nitro benzene ring substituents is 1. The number of hydrogen-bond donors (Lipinski definition) is 1. The molecule has 1 aliphatic heterocycles. The van der Waals surface area contributed by atoms with Gasteiger partial charge in [-0.15, -0.1) is 0 Å². The van der Waals surface area contributed by atoms with Crippen molar-refractivity contribution in [1.29, 1.82) is 0 Å². The third-order valence-corrected chi connectivity index (χ3v) is 5.42. The smallest absolute Gasteiger partial charge is 0.269 e. The van der Waals surface area contributed by atoms with Crippen molar-refractivity contribution < 1.29 is 9.66 Å². The van der Waals surface area contributed by atoms with Gasteiger partial charge >= 0.3 is 0 Å². The Morgan fingerprint density at radius 2 is 2.16 bits per heavy atom. The maximum Gasteiger partial charge on any atom is 0.269 e. The van der Waals surface area contributed by atoms with Crippen LogP contribution in [-0.2, 0) is 0 Å². The molecule has 1 heterocycles. The predicted octanol–water partition coefficient (Wildman–Crippen LogP) is 5.08. The Morgan fingerprint density at radius 1 is 1.32 bits per heavy atom. The van der Waals surface area contributed by atoms with E-state index in [1.165, 1.54) is 6.07 Å². The first kappa shape index (κ1) is 16.0. The van der Waals surface area contributed by atoms with E-state index in [2.05, 4.69) is 17.5 Å². The highest BCUT2D eigenvalue weighted by Gasteiger charge is 2.40. The summed E-state index contributed by atoms with van der Waals surface area (Å²) in [6, 6.07) is 10.5. The fourth-order valence-corrected chi connectivity index (χ4v) is 4.25. The molecule has 0 radical (unpaired) electrons. The number of benzene rings is 2. The molecule has 0 unspecified atom stereocenters. The lowest BCUT2D eigenvalue weighted by Crippen LogP contribution is -2.29. The van der Waals surface area contributed by atoms with Crippen LogP contribution in [0.25, 0.3) is 0 Å². The largest absolute Gasteiger partial charge is 0.495 e. The van der Waals surface area contributed by atoms with Gasteiger partial charge in [0.25, 0.3) is 5.69 Å². The van der Waals surface area contributed by atoms with E-state index in [0.29, 0.717) is 5.02 Å². The number of nitrogens with zero attached hydrogens (tertiary/aromatic N) is 1. The zero-order chi connectivity index (χ0) is 17.6. The monoisotopic (exact) mass is 356 g/mol. The van der Waals surface area contributed by atoms with Crippen molar-refractivity contribution in [2.45, 2.75) is 18.4 Å².